The van der Waals surface area contributed by atoms with Crippen molar-refractivity contribution in [2.24, 2.45) is 0 Å². The number of benzene rings is 2. The Kier molecular flexibility index (Phi) is 3.83. The molecular formula is C17H20Si. The SMILES string of the molecule is C=CC[Si](C)(C)c1ccc(-c2ccccc2)cc1. The fourth-order valence-electron chi connectivity index (χ4n) is 2.22. The van der Waals surface area contributed by atoms with E-state index in [0.29, 0.717) is 0 Å². The van der Waals surface area contributed by atoms with E-state index in [0.717, 1.165) is 6.04 Å². The van der Waals surface area contributed by atoms with Crippen molar-refractivity contribution >= 4 is 13.3 Å². The molecule has 0 aliphatic heterocycles. The van der Waals surface area contributed by atoms with E-state index >= 15 is 0 Å². The minimum Gasteiger partial charge on any atom is -0.103 e. The molecule has 92 valence electrons. The van der Waals surface area contributed by atoms with Gasteiger partial charge in [0.2, 0.25) is 0 Å². The maximum absolute atomic E-state index is 3.87. The summed E-state index contributed by atoms with van der Waals surface area (Å²) >= 11 is 0. The summed E-state index contributed by atoms with van der Waals surface area (Å²) in [4.78, 5) is 0. The molecule has 1 heteroatoms. The summed E-state index contributed by atoms with van der Waals surface area (Å²) in [5.41, 5.74) is 2.58. The van der Waals surface area contributed by atoms with Crippen LogP contribution in [0.25, 0.3) is 11.1 Å². The van der Waals surface area contributed by atoms with E-state index in [1.807, 2.05) is 0 Å². The van der Waals surface area contributed by atoms with Gasteiger partial charge in [-0.25, -0.2) is 0 Å². The van der Waals surface area contributed by atoms with Gasteiger partial charge in [0.1, 0.15) is 0 Å². The van der Waals surface area contributed by atoms with Crippen LogP contribution in [0.2, 0.25) is 19.1 Å². The molecule has 0 nitrogen and oxygen atoms in total. The fraction of sp³-hybridized carbons (Fsp3) is 0.176. The van der Waals surface area contributed by atoms with E-state index in [4.69, 9.17) is 0 Å². The van der Waals surface area contributed by atoms with E-state index in [9.17, 15) is 0 Å². The molecule has 0 unspecified atom stereocenters. The van der Waals surface area contributed by atoms with Gasteiger partial charge < -0.3 is 0 Å². The maximum atomic E-state index is 3.87. The highest BCUT2D eigenvalue weighted by atomic mass is 28.3. The molecule has 2 rings (SSSR count). The molecule has 0 atom stereocenters. The zero-order valence-corrected chi connectivity index (χ0v) is 12.2. The Morgan fingerprint density at radius 1 is 0.889 bits per heavy atom. The molecule has 0 fully saturated rings. The summed E-state index contributed by atoms with van der Waals surface area (Å²) < 4.78 is 0. The molecule has 0 saturated heterocycles. The number of hydrogen-bond acceptors (Lipinski definition) is 0. The first kappa shape index (κ1) is 12.8. The van der Waals surface area contributed by atoms with Gasteiger partial charge in [0, 0.05) is 0 Å². The van der Waals surface area contributed by atoms with Gasteiger partial charge in [-0.1, -0.05) is 79.0 Å². The molecule has 0 aliphatic rings. The van der Waals surface area contributed by atoms with Crippen molar-refractivity contribution in [3.63, 3.8) is 0 Å². The normalized spacial score (nSPS) is 11.2. The second-order valence-electron chi connectivity index (χ2n) is 5.32. The quantitative estimate of drug-likeness (QED) is 0.557. The van der Waals surface area contributed by atoms with Crippen molar-refractivity contribution in [2.45, 2.75) is 19.1 Å². The molecule has 0 amide bonds. The van der Waals surface area contributed by atoms with E-state index < -0.39 is 8.07 Å². The Bertz CT molecular complexity index is 509. The van der Waals surface area contributed by atoms with Crippen LogP contribution in [0.15, 0.2) is 67.3 Å². The molecular weight excluding hydrogens is 232 g/mol. The summed E-state index contributed by atoms with van der Waals surface area (Å²) in [6.07, 6.45) is 2.05. The first-order valence-corrected chi connectivity index (χ1v) is 9.61. The van der Waals surface area contributed by atoms with Gasteiger partial charge >= 0.3 is 0 Å². The molecule has 0 heterocycles. The van der Waals surface area contributed by atoms with E-state index in [2.05, 4.69) is 80.3 Å². The highest BCUT2D eigenvalue weighted by Crippen LogP contribution is 2.19. The van der Waals surface area contributed by atoms with E-state index in [1.54, 1.807) is 0 Å². The lowest BCUT2D eigenvalue weighted by molar-refractivity contribution is 1.54. The third kappa shape index (κ3) is 2.80. The third-order valence-electron chi connectivity index (χ3n) is 3.43. The van der Waals surface area contributed by atoms with Gasteiger partial charge in [-0.3, -0.25) is 0 Å². The molecule has 2 aromatic rings. The third-order valence-corrected chi connectivity index (χ3v) is 6.63. The first-order valence-electron chi connectivity index (χ1n) is 6.40. The molecule has 0 saturated carbocycles. The van der Waals surface area contributed by atoms with Crippen molar-refractivity contribution in [3.05, 3.63) is 67.3 Å². The number of hydrogen-bond donors (Lipinski definition) is 0. The fourth-order valence-corrected chi connectivity index (χ4v) is 4.25. The Balaban J connectivity index is 2.28. The Morgan fingerprint density at radius 2 is 1.44 bits per heavy atom. The van der Waals surface area contributed by atoms with E-state index in [-0.39, 0.29) is 0 Å². The van der Waals surface area contributed by atoms with Crippen LogP contribution in [0.5, 0.6) is 0 Å². The number of allylic oxidation sites excluding steroid dienone is 1. The lowest BCUT2D eigenvalue weighted by atomic mass is 10.1. The molecule has 0 spiro atoms. The van der Waals surface area contributed by atoms with Crippen molar-refractivity contribution < 1.29 is 0 Å². The maximum Gasteiger partial charge on any atom is 0.0843 e. The topological polar surface area (TPSA) is 0 Å². The van der Waals surface area contributed by atoms with Crippen LogP contribution in [-0.2, 0) is 0 Å². The van der Waals surface area contributed by atoms with Gasteiger partial charge in [-0.2, -0.15) is 0 Å². The summed E-state index contributed by atoms with van der Waals surface area (Å²) in [5, 5.41) is 1.50. The van der Waals surface area contributed by atoms with Crippen LogP contribution < -0.4 is 5.19 Å². The lowest BCUT2D eigenvalue weighted by Crippen LogP contribution is -2.40. The van der Waals surface area contributed by atoms with Crippen molar-refractivity contribution in [2.75, 3.05) is 0 Å². The first-order chi connectivity index (χ1) is 8.63. The smallest absolute Gasteiger partial charge is 0.0843 e. The lowest BCUT2D eigenvalue weighted by Gasteiger charge is -2.21. The summed E-state index contributed by atoms with van der Waals surface area (Å²) in [6.45, 7) is 8.66. The largest absolute Gasteiger partial charge is 0.103 e. The van der Waals surface area contributed by atoms with Crippen LogP contribution >= 0.6 is 0 Å². The molecule has 0 radical (unpaired) electrons. The molecule has 0 aliphatic carbocycles. The van der Waals surface area contributed by atoms with Crippen LogP contribution in [-0.4, -0.2) is 8.07 Å². The van der Waals surface area contributed by atoms with Crippen LogP contribution in [0, 0.1) is 0 Å². The van der Waals surface area contributed by atoms with E-state index in [1.165, 1.54) is 16.3 Å². The number of rotatable bonds is 4. The van der Waals surface area contributed by atoms with Gasteiger partial charge in [0.15, 0.2) is 0 Å². The predicted molar refractivity (Wildman–Crippen MR) is 84.0 cm³/mol. The Labute approximate surface area is 111 Å². The minimum atomic E-state index is -1.32. The average molecular weight is 252 g/mol. The highest BCUT2D eigenvalue weighted by Gasteiger charge is 2.21. The Hall–Kier alpha value is -1.60. The van der Waals surface area contributed by atoms with Gasteiger partial charge in [-0.15, -0.1) is 6.58 Å². The van der Waals surface area contributed by atoms with Gasteiger partial charge in [0.25, 0.3) is 0 Å². The standard InChI is InChI=1S/C17H20Si/c1-4-14-18(2,3)17-12-10-16(11-13-17)15-8-6-5-7-9-15/h4-13H,1,14H2,2-3H3. The van der Waals surface area contributed by atoms with Crippen molar-refractivity contribution in [1.29, 1.82) is 0 Å². The van der Waals surface area contributed by atoms with Crippen LogP contribution in [0.4, 0.5) is 0 Å². The molecule has 0 N–H and O–H groups in total. The zero-order chi connectivity index (χ0) is 13.0. The molecule has 0 aromatic heterocycles. The molecule has 0 bridgehead atoms. The van der Waals surface area contributed by atoms with Gasteiger partial charge in [-0.05, 0) is 17.2 Å². The highest BCUT2D eigenvalue weighted by molar-refractivity contribution is 6.90. The van der Waals surface area contributed by atoms with Crippen LogP contribution in [0.3, 0.4) is 0 Å². The van der Waals surface area contributed by atoms with Gasteiger partial charge in [0.05, 0.1) is 8.07 Å². The average Bonchev–Trinajstić information content (AvgIpc) is 2.40. The predicted octanol–water partition coefficient (Wildman–Crippen LogP) is 4.46. The van der Waals surface area contributed by atoms with Crippen molar-refractivity contribution in [3.8, 4) is 11.1 Å². The monoisotopic (exact) mass is 252 g/mol. The summed E-state index contributed by atoms with van der Waals surface area (Å²) in [6, 6.07) is 20.7. The second kappa shape index (κ2) is 5.36. The molecule has 18 heavy (non-hydrogen) atoms. The van der Waals surface area contributed by atoms with Crippen LogP contribution in [0.1, 0.15) is 0 Å². The minimum absolute atomic E-state index is 1.14. The molecule has 2 aromatic carbocycles. The zero-order valence-electron chi connectivity index (χ0n) is 11.2. The summed E-state index contributed by atoms with van der Waals surface area (Å²) in [7, 11) is -1.32. The second-order valence-corrected chi connectivity index (χ2v) is 10.1. The van der Waals surface area contributed by atoms with Crippen molar-refractivity contribution in [1.82, 2.24) is 0 Å². The Morgan fingerprint density at radius 3 is 2.00 bits per heavy atom. The summed E-state index contributed by atoms with van der Waals surface area (Å²) in [5.74, 6) is 0.